The zero-order chi connectivity index (χ0) is 12.4. The maximum Gasteiger partial charge on any atom is 0.204 e. The van der Waals surface area contributed by atoms with Gasteiger partial charge in [-0.15, -0.1) is 0 Å². The standard InChI is InChI=1S/C14H20N4/c1-2-15-10-11-6-5-9-18(11)14-16-12-7-3-4-8-13(12)17-14/h3-4,7-8,11,15H,2,5-6,9-10H2,1H3,(H,16,17). The van der Waals surface area contributed by atoms with Gasteiger partial charge in [0.15, 0.2) is 0 Å². The van der Waals surface area contributed by atoms with E-state index in [-0.39, 0.29) is 0 Å². The van der Waals surface area contributed by atoms with Crippen LogP contribution >= 0.6 is 0 Å². The molecule has 1 unspecified atom stereocenters. The Morgan fingerprint density at radius 3 is 3.17 bits per heavy atom. The molecule has 0 radical (unpaired) electrons. The highest BCUT2D eigenvalue weighted by Crippen LogP contribution is 2.24. The highest BCUT2D eigenvalue weighted by molar-refractivity contribution is 5.77. The first-order valence-corrected chi connectivity index (χ1v) is 6.80. The fourth-order valence-corrected chi connectivity index (χ4v) is 2.71. The van der Waals surface area contributed by atoms with E-state index < -0.39 is 0 Å². The lowest BCUT2D eigenvalue weighted by Crippen LogP contribution is -2.38. The molecule has 2 heterocycles. The molecule has 1 fully saturated rings. The van der Waals surface area contributed by atoms with Crippen molar-refractivity contribution < 1.29 is 0 Å². The first-order chi connectivity index (χ1) is 8.88. The molecule has 1 aliphatic heterocycles. The Hall–Kier alpha value is -1.55. The first-order valence-electron chi connectivity index (χ1n) is 6.80. The van der Waals surface area contributed by atoms with E-state index in [1.54, 1.807) is 0 Å². The van der Waals surface area contributed by atoms with Crippen molar-refractivity contribution in [1.29, 1.82) is 0 Å². The molecule has 2 aromatic rings. The van der Waals surface area contributed by atoms with Gasteiger partial charge in [0.1, 0.15) is 0 Å². The van der Waals surface area contributed by atoms with E-state index in [0.29, 0.717) is 6.04 Å². The van der Waals surface area contributed by atoms with Crippen molar-refractivity contribution in [2.24, 2.45) is 0 Å². The fraction of sp³-hybridized carbons (Fsp3) is 0.500. The van der Waals surface area contributed by atoms with Crippen LogP contribution in [0.4, 0.5) is 5.95 Å². The lowest BCUT2D eigenvalue weighted by atomic mass is 10.2. The molecule has 96 valence electrons. The summed E-state index contributed by atoms with van der Waals surface area (Å²) in [6, 6.07) is 8.80. The first kappa shape index (κ1) is 11.5. The van der Waals surface area contributed by atoms with Crippen molar-refractivity contribution in [2.75, 3.05) is 24.5 Å². The van der Waals surface area contributed by atoms with Gasteiger partial charge in [-0.25, -0.2) is 4.98 Å². The molecule has 0 bridgehead atoms. The average molecular weight is 244 g/mol. The Balaban J connectivity index is 1.84. The van der Waals surface area contributed by atoms with E-state index >= 15 is 0 Å². The van der Waals surface area contributed by atoms with Crippen molar-refractivity contribution >= 4 is 17.0 Å². The number of para-hydroxylation sites is 2. The van der Waals surface area contributed by atoms with Crippen LogP contribution in [0, 0.1) is 0 Å². The molecule has 1 saturated heterocycles. The van der Waals surface area contributed by atoms with Crippen LogP contribution in [-0.2, 0) is 0 Å². The number of nitrogens with one attached hydrogen (secondary N) is 2. The monoisotopic (exact) mass is 244 g/mol. The van der Waals surface area contributed by atoms with Crippen LogP contribution in [0.5, 0.6) is 0 Å². The predicted octanol–water partition coefficient (Wildman–Crippen LogP) is 2.14. The number of hydrogen-bond donors (Lipinski definition) is 2. The maximum atomic E-state index is 4.70. The minimum atomic E-state index is 0.575. The SMILES string of the molecule is CCNCC1CCCN1c1nc2ccccc2[nH]1. The number of aromatic amines is 1. The van der Waals surface area contributed by atoms with Gasteiger partial charge in [0.05, 0.1) is 11.0 Å². The highest BCUT2D eigenvalue weighted by atomic mass is 15.3. The molecule has 0 spiro atoms. The quantitative estimate of drug-likeness (QED) is 0.866. The predicted molar refractivity (Wildman–Crippen MR) is 75.0 cm³/mol. The van der Waals surface area contributed by atoms with Crippen molar-refractivity contribution in [2.45, 2.75) is 25.8 Å². The van der Waals surface area contributed by atoms with Gasteiger partial charge in [-0.05, 0) is 31.5 Å². The molecular formula is C14H20N4. The van der Waals surface area contributed by atoms with E-state index in [1.807, 2.05) is 12.1 Å². The van der Waals surface area contributed by atoms with Crippen LogP contribution in [-0.4, -0.2) is 35.6 Å². The molecule has 1 atom stereocenters. The summed E-state index contributed by atoms with van der Waals surface area (Å²) < 4.78 is 0. The molecule has 2 N–H and O–H groups in total. The Bertz CT molecular complexity index is 486. The van der Waals surface area contributed by atoms with Crippen LogP contribution in [0.1, 0.15) is 19.8 Å². The fourth-order valence-electron chi connectivity index (χ4n) is 2.71. The molecule has 0 amide bonds. The Kier molecular flexibility index (Phi) is 3.19. The zero-order valence-electron chi connectivity index (χ0n) is 10.8. The van der Waals surface area contributed by atoms with Crippen LogP contribution < -0.4 is 10.2 Å². The van der Waals surface area contributed by atoms with Crippen LogP contribution in [0.25, 0.3) is 11.0 Å². The number of imidazole rings is 1. The van der Waals surface area contributed by atoms with Crippen LogP contribution in [0.15, 0.2) is 24.3 Å². The lowest BCUT2D eigenvalue weighted by molar-refractivity contribution is 0.582. The normalized spacial score (nSPS) is 19.8. The molecular weight excluding hydrogens is 224 g/mol. The van der Waals surface area contributed by atoms with Crippen molar-refractivity contribution in [3.8, 4) is 0 Å². The second-order valence-corrected chi connectivity index (χ2v) is 4.87. The Morgan fingerprint density at radius 2 is 2.33 bits per heavy atom. The minimum absolute atomic E-state index is 0.575. The average Bonchev–Trinajstić information content (AvgIpc) is 3.01. The molecule has 1 aromatic carbocycles. The number of fused-ring (bicyclic) bond motifs is 1. The number of H-pyrrole nitrogens is 1. The van der Waals surface area contributed by atoms with Crippen molar-refractivity contribution in [3.05, 3.63) is 24.3 Å². The Labute approximate surface area is 107 Å². The number of likely N-dealkylation sites (N-methyl/N-ethyl adjacent to an activating group) is 1. The largest absolute Gasteiger partial charge is 0.338 e. The third-order valence-corrected chi connectivity index (χ3v) is 3.66. The summed E-state index contributed by atoms with van der Waals surface area (Å²) in [5.74, 6) is 1.02. The third kappa shape index (κ3) is 2.08. The minimum Gasteiger partial charge on any atom is -0.338 e. The van der Waals surface area contributed by atoms with E-state index in [0.717, 1.165) is 36.6 Å². The summed E-state index contributed by atoms with van der Waals surface area (Å²) in [5, 5.41) is 3.44. The van der Waals surface area contributed by atoms with Crippen LogP contribution in [0.3, 0.4) is 0 Å². The number of hydrogen-bond acceptors (Lipinski definition) is 3. The van der Waals surface area contributed by atoms with Gasteiger partial charge in [0.25, 0.3) is 0 Å². The number of benzene rings is 1. The molecule has 3 rings (SSSR count). The molecule has 0 aliphatic carbocycles. The molecule has 0 saturated carbocycles. The number of rotatable bonds is 4. The van der Waals surface area contributed by atoms with Gasteiger partial charge in [0.2, 0.25) is 5.95 Å². The number of nitrogens with zero attached hydrogens (tertiary/aromatic N) is 2. The third-order valence-electron chi connectivity index (χ3n) is 3.66. The van der Waals surface area contributed by atoms with Gasteiger partial charge in [-0.3, -0.25) is 0 Å². The van der Waals surface area contributed by atoms with E-state index in [1.165, 1.54) is 12.8 Å². The topological polar surface area (TPSA) is 44.0 Å². The molecule has 4 heteroatoms. The zero-order valence-corrected chi connectivity index (χ0v) is 10.8. The van der Waals surface area contributed by atoms with E-state index in [2.05, 4.69) is 34.3 Å². The highest BCUT2D eigenvalue weighted by Gasteiger charge is 2.26. The summed E-state index contributed by atoms with van der Waals surface area (Å²) in [5.41, 5.74) is 2.18. The summed E-state index contributed by atoms with van der Waals surface area (Å²) >= 11 is 0. The summed E-state index contributed by atoms with van der Waals surface area (Å²) in [7, 11) is 0. The summed E-state index contributed by atoms with van der Waals surface area (Å²) in [6.45, 7) is 5.34. The second kappa shape index (κ2) is 4.98. The maximum absolute atomic E-state index is 4.70. The Morgan fingerprint density at radius 1 is 1.44 bits per heavy atom. The summed E-state index contributed by atoms with van der Waals surface area (Å²) in [4.78, 5) is 10.5. The molecule has 1 aromatic heterocycles. The van der Waals surface area contributed by atoms with Gasteiger partial charge < -0.3 is 15.2 Å². The van der Waals surface area contributed by atoms with Crippen molar-refractivity contribution in [3.63, 3.8) is 0 Å². The van der Waals surface area contributed by atoms with Gasteiger partial charge in [-0.2, -0.15) is 0 Å². The van der Waals surface area contributed by atoms with Gasteiger partial charge in [0, 0.05) is 19.1 Å². The van der Waals surface area contributed by atoms with Gasteiger partial charge in [-0.1, -0.05) is 19.1 Å². The molecule has 1 aliphatic rings. The summed E-state index contributed by atoms with van der Waals surface area (Å²) in [6.07, 6.45) is 2.51. The second-order valence-electron chi connectivity index (χ2n) is 4.87. The smallest absolute Gasteiger partial charge is 0.204 e. The number of aromatic nitrogens is 2. The van der Waals surface area contributed by atoms with Crippen molar-refractivity contribution in [1.82, 2.24) is 15.3 Å². The molecule has 18 heavy (non-hydrogen) atoms. The van der Waals surface area contributed by atoms with E-state index in [4.69, 9.17) is 4.98 Å². The number of anilines is 1. The molecule has 4 nitrogen and oxygen atoms in total. The van der Waals surface area contributed by atoms with Gasteiger partial charge >= 0.3 is 0 Å². The van der Waals surface area contributed by atoms with E-state index in [9.17, 15) is 0 Å². The lowest BCUT2D eigenvalue weighted by Gasteiger charge is -2.24. The van der Waals surface area contributed by atoms with Crippen LogP contribution in [0.2, 0.25) is 0 Å².